The molecule has 0 aromatic carbocycles. The lowest BCUT2D eigenvalue weighted by atomic mass is 9.97. The topological polar surface area (TPSA) is 49.8 Å². The fourth-order valence-corrected chi connectivity index (χ4v) is 2.43. The molecule has 1 heterocycles. The van der Waals surface area contributed by atoms with Gasteiger partial charge in [-0.3, -0.25) is 9.69 Å². The molecule has 1 aliphatic heterocycles. The van der Waals surface area contributed by atoms with Crippen molar-refractivity contribution >= 4 is 5.97 Å². The summed E-state index contributed by atoms with van der Waals surface area (Å²) >= 11 is 0. The Labute approximate surface area is 97.6 Å². The van der Waals surface area contributed by atoms with Crippen LogP contribution in [0.5, 0.6) is 0 Å². The number of aliphatic carboxylic acids is 1. The number of nitrogens with zero attached hydrogens (tertiary/aromatic N) is 1. The molecule has 4 heteroatoms. The van der Waals surface area contributed by atoms with Crippen molar-refractivity contribution in [2.45, 2.75) is 32.7 Å². The lowest BCUT2D eigenvalue weighted by Crippen LogP contribution is -2.45. The van der Waals surface area contributed by atoms with Crippen molar-refractivity contribution in [2.24, 2.45) is 11.8 Å². The Morgan fingerprint density at radius 3 is 2.44 bits per heavy atom. The van der Waals surface area contributed by atoms with E-state index in [2.05, 4.69) is 0 Å². The maximum atomic E-state index is 11.2. The van der Waals surface area contributed by atoms with Crippen molar-refractivity contribution in [3.05, 3.63) is 0 Å². The zero-order valence-corrected chi connectivity index (χ0v) is 10.5. The van der Waals surface area contributed by atoms with E-state index >= 15 is 0 Å². The van der Waals surface area contributed by atoms with Gasteiger partial charge in [0.25, 0.3) is 0 Å². The van der Waals surface area contributed by atoms with Gasteiger partial charge >= 0.3 is 5.97 Å². The van der Waals surface area contributed by atoms with Gasteiger partial charge in [-0.2, -0.15) is 0 Å². The molecule has 1 rings (SSSR count). The van der Waals surface area contributed by atoms with E-state index in [-0.39, 0.29) is 12.0 Å². The molecule has 1 unspecified atom stereocenters. The molecule has 0 radical (unpaired) electrons. The van der Waals surface area contributed by atoms with Gasteiger partial charge in [-0.25, -0.2) is 0 Å². The van der Waals surface area contributed by atoms with Gasteiger partial charge in [0, 0.05) is 19.8 Å². The number of carboxylic acid groups (broad SMARTS) is 1. The van der Waals surface area contributed by atoms with Crippen molar-refractivity contribution in [3.8, 4) is 0 Å². The normalized spacial score (nSPS) is 20.3. The van der Waals surface area contributed by atoms with Crippen LogP contribution in [0.1, 0.15) is 26.7 Å². The smallest absolute Gasteiger partial charge is 0.321 e. The largest absolute Gasteiger partial charge is 0.480 e. The zero-order chi connectivity index (χ0) is 12.1. The van der Waals surface area contributed by atoms with Crippen molar-refractivity contribution in [1.82, 2.24) is 4.90 Å². The fourth-order valence-electron chi connectivity index (χ4n) is 2.43. The summed E-state index contributed by atoms with van der Waals surface area (Å²) in [6, 6.07) is -0.372. The van der Waals surface area contributed by atoms with Crippen LogP contribution in [0, 0.1) is 11.8 Å². The predicted octanol–water partition coefficient (Wildman–Crippen LogP) is 1.45. The second-order valence-electron chi connectivity index (χ2n) is 5.02. The van der Waals surface area contributed by atoms with Crippen LogP contribution in [-0.2, 0) is 9.53 Å². The SMILES string of the molecule is CC(C)C(C(=O)O)N(C)CC1CCOCC1. The summed E-state index contributed by atoms with van der Waals surface area (Å²) < 4.78 is 5.30. The van der Waals surface area contributed by atoms with Crippen LogP contribution in [-0.4, -0.2) is 48.8 Å². The van der Waals surface area contributed by atoms with E-state index in [0.717, 1.165) is 32.6 Å². The minimum atomic E-state index is -0.718. The highest BCUT2D eigenvalue weighted by molar-refractivity contribution is 5.73. The minimum Gasteiger partial charge on any atom is -0.480 e. The van der Waals surface area contributed by atoms with Gasteiger partial charge in [-0.15, -0.1) is 0 Å². The highest BCUT2D eigenvalue weighted by atomic mass is 16.5. The standard InChI is InChI=1S/C12H23NO3/c1-9(2)11(12(14)15)13(3)8-10-4-6-16-7-5-10/h9-11H,4-8H2,1-3H3,(H,14,15). The van der Waals surface area contributed by atoms with Gasteiger partial charge in [0.2, 0.25) is 0 Å². The molecular formula is C12H23NO3. The third-order valence-electron chi connectivity index (χ3n) is 3.25. The van der Waals surface area contributed by atoms with E-state index in [1.165, 1.54) is 0 Å². The fraction of sp³-hybridized carbons (Fsp3) is 0.917. The second-order valence-corrected chi connectivity index (χ2v) is 5.02. The van der Waals surface area contributed by atoms with E-state index in [0.29, 0.717) is 5.92 Å². The first-order valence-electron chi connectivity index (χ1n) is 6.03. The van der Waals surface area contributed by atoms with E-state index in [1.807, 2.05) is 25.8 Å². The Bertz CT molecular complexity index is 224. The Morgan fingerprint density at radius 1 is 1.44 bits per heavy atom. The predicted molar refractivity (Wildman–Crippen MR) is 62.4 cm³/mol. The molecule has 94 valence electrons. The first kappa shape index (κ1) is 13.5. The Balaban J connectivity index is 2.47. The van der Waals surface area contributed by atoms with Gasteiger partial charge in [0.05, 0.1) is 0 Å². The summed E-state index contributed by atoms with van der Waals surface area (Å²) in [4.78, 5) is 13.1. The molecule has 1 atom stereocenters. The summed E-state index contributed by atoms with van der Waals surface area (Å²) in [5.41, 5.74) is 0. The average molecular weight is 229 g/mol. The monoisotopic (exact) mass is 229 g/mol. The first-order valence-corrected chi connectivity index (χ1v) is 6.03. The third kappa shape index (κ3) is 3.76. The second kappa shape index (κ2) is 6.21. The summed E-state index contributed by atoms with van der Waals surface area (Å²) in [7, 11) is 1.91. The first-order chi connectivity index (χ1) is 7.52. The van der Waals surface area contributed by atoms with E-state index in [1.54, 1.807) is 0 Å². The summed E-state index contributed by atoms with van der Waals surface area (Å²) in [6.45, 7) is 6.41. The molecule has 0 aliphatic carbocycles. The number of likely N-dealkylation sites (N-methyl/N-ethyl adjacent to an activating group) is 1. The molecule has 0 spiro atoms. The van der Waals surface area contributed by atoms with Crippen molar-refractivity contribution in [3.63, 3.8) is 0 Å². The van der Waals surface area contributed by atoms with Gasteiger partial charge in [0.15, 0.2) is 0 Å². The van der Waals surface area contributed by atoms with Gasteiger partial charge in [-0.05, 0) is 31.7 Å². The van der Waals surface area contributed by atoms with E-state index < -0.39 is 5.97 Å². The van der Waals surface area contributed by atoms with Crippen LogP contribution in [0.2, 0.25) is 0 Å². The maximum absolute atomic E-state index is 11.2. The Hall–Kier alpha value is -0.610. The summed E-state index contributed by atoms with van der Waals surface area (Å²) in [5, 5.41) is 9.18. The molecule has 0 aromatic rings. The number of carbonyl (C=O) groups is 1. The van der Waals surface area contributed by atoms with Gasteiger partial charge in [-0.1, -0.05) is 13.8 Å². The van der Waals surface area contributed by atoms with Crippen LogP contribution < -0.4 is 0 Å². The van der Waals surface area contributed by atoms with Gasteiger partial charge in [0.1, 0.15) is 6.04 Å². The summed E-state index contributed by atoms with van der Waals surface area (Å²) in [5.74, 6) is 0.00579. The minimum absolute atomic E-state index is 0.141. The molecular weight excluding hydrogens is 206 g/mol. The molecule has 0 saturated carbocycles. The molecule has 1 N–H and O–H groups in total. The van der Waals surface area contributed by atoms with Crippen LogP contribution in [0.15, 0.2) is 0 Å². The van der Waals surface area contributed by atoms with Crippen LogP contribution >= 0.6 is 0 Å². The summed E-state index contributed by atoms with van der Waals surface area (Å²) in [6.07, 6.45) is 2.10. The maximum Gasteiger partial charge on any atom is 0.321 e. The van der Waals surface area contributed by atoms with Crippen LogP contribution in [0.3, 0.4) is 0 Å². The van der Waals surface area contributed by atoms with E-state index in [4.69, 9.17) is 4.74 Å². The molecule has 0 aromatic heterocycles. The van der Waals surface area contributed by atoms with Crippen LogP contribution in [0.4, 0.5) is 0 Å². The van der Waals surface area contributed by atoms with Gasteiger partial charge < -0.3 is 9.84 Å². The molecule has 1 saturated heterocycles. The highest BCUT2D eigenvalue weighted by Gasteiger charge is 2.28. The molecule has 16 heavy (non-hydrogen) atoms. The number of hydrogen-bond donors (Lipinski definition) is 1. The highest BCUT2D eigenvalue weighted by Crippen LogP contribution is 2.18. The third-order valence-corrected chi connectivity index (χ3v) is 3.25. The molecule has 1 fully saturated rings. The molecule has 4 nitrogen and oxygen atoms in total. The Kier molecular flexibility index (Phi) is 5.22. The number of ether oxygens (including phenoxy) is 1. The molecule has 0 amide bonds. The van der Waals surface area contributed by atoms with E-state index in [9.17, 15) is 9.90 Å². The molecule has 1 aliphatic rings. The average Bonchev–Trinajstić information content (AvgIpc) is 2.17. The number of carboxylic acids is 1. The van der Waals surface area contributed by atoms with Crippen molar-refractivity contribution in [1.29, 1.82) is 0 Å². The lowest BCUT2D eigenvalue weighted by molar-refractivity contribution is -0.144. The Morgan fingerprint density at radius 2 is 2.00 bits per heavy atom. The van der Waals surface area contributed by atoms with Crippen molar-refractivity contribution < 1.29 is 14.6 Å². The number of rotatable bonds is 5. The van der Waals surface area contributed by atoms with Crippen LogP contribution in [0.25, 0.3) is 0 Å². The molecule has 0 bridgehead atoms. The lowest BCUT2D eigenvalue weighted by Gasteiger charge is -2.32. The quantitative estimate of drug-likeness (QED) is 0.775. The zero-order valence-electron chi connectivity index (χ0n) is 10.5. The van der Waals surface area contributed by atoms with Crippen molar-refractivity contribution in [2.75, 3.05) is 26.8 Å². The number of hydrogen-bond acceptors (Lipinski definition) is 3.